The highest BCUT2D eigenvalue weighted by Gasteiger charge is 2.26. The molecule has 2 saturated heterocycles. The Balaban J connectivity index is 1.47. The minimum Gasteiger partial charge on any atom is -0.497 e. The molecule has 2 fully saturated rings. The van der Waals surface area contributed by atoms with Crippen LogP contribution in [0.15, 0.2) is 29.2 Å². The molecular formula is C19H29N3O5S. The summed E-state index contributed by atoms with van der Waals surface area (Å²) < 4.78 is 32.7. The lowest BCUT2D eigenvalue weighted by Gasteiger charge is -2.33. The van der Waals surface area contributed by atoms with Gasteiger partial charge in [0.05, 0.1) is 18.6 Å². The largest absolute Gasteiger partial charge is 0.497 e. The summed E-state index contributed by atoms with van der Waals surface area (Å²) in [5.74, 6) is 0.840. The SMILES string of the molecule is COc1ccc(S(=O)(=O)NCC2CCCN(C(=O)CCN3CCCO3)C2)cc1. The van der Waals surface area contributed by atoms with Crippen molar-refractivity contribution in [2.24, 2.45) is 5.92 Å². The van der Waals surface area contributed by atoms with Crippen LogP contribution in [0.3, 0.4) is 0 Å². The minimum absolute atomic E-state index is 0.109. The van der Waals surface area contributed by atoms with Gasteiger partial charge in [0.25, 0.3) is 0 Å². The average molecular weight is 412 g/mol. The summed E-state index contributed by atoms with van der Waals surface area (Å²) in [6, 6.07) is 6.30. The number of carbonyl (C=O) groups is 1. The Morgan fingerprint density at radius 3 is 2.71 bits per heavy atom. The summed E-state index contributed by atoms with van der Waals surface area (Å²) in [4.78, 5) is 20.0. The molecule has 0 spiro atoms. The van der Waals surface area contributed by atoms with Gasteiger partial charge in [-0.05, 0) is 49.4 Å². The van der Waals surface area contributed by atoms with Crippen molar-refractivity contribution in [3.05, 3.63) is 24.3 Å². The summed E-state index contributed by atoms with van der Waals surface area (Å²) in [5, 5.41) is 1.85. The van der Waals surface area contributed by atoms with E-state index in [9.17, 15) is 13.2 Å². The van der Waals surface area contributed by atoms with Crippen LogP contribution >= 0.6 is 0 Å². The fourth-order valence-electron chi connectivity index (χ4n) is 3.58. The predicted molar refractivity (Wildman–Crippen MR) is 104 cm³/mol. The van der Waals surface area contributed by atoms with E-state index in [1.54, 1.807) is 12.1 Å². The maximum absolute atomic E-state index is 12.5. The van der Waals surface area contributed by atoms with Gasteiger partial charge in [-0.1, -0.05) is 0 Å². The summed E-state index contributed by atoms with van der Waals surface area (Å²) in [6.07, 6.45) is 3.24. The number of hydrogen-bond donors (Lipinski definition) is 1. The molecule has 0 radical (unpaired) electrons. The summed E-state index contributed by atoms with van der Waals surface area (Å²) in [5.41, 5.74) is 0. The van der Waals surface area contributed by atoms with Crippen LogP contribution in [0.1, 0.15) is 25.7 Å². The minimum atomic E-state index is -3.58. The van der Waals surface area contributed by atoms with E-state index in [1.807, 2.05) is 9.96 Å². The first-order valence-electron chi connectivity index (χ1n) is 9.77. The Morgan fingerprint density at radius 1 is 1.25 bits per heavy atom. The van der Waals surface area contributed by atoms with Crippen LogP contribution in [-0.2, 0) is 19.7 Å². The number of hydroxylamine groups is 2. The third kappa shape index (κ3) is 5.66. The molecule has 1 atom stereocenters. The fourth-order valence-corrected chi connectivity index (χ4v) is 4.69. The van der Waals surface area contributed by atoms with Crippen LogP contribution < -0.4 is 9.46 Å². The van der Waals surface area contributed by atoms with E-state index < -0.39 is 10.0 Å². The molecular weight excluding hydrogens is 382 g/mol. The van der Waals surface area contributed by atoms with Crippen molar-refractivity contribution in [1.82, 2.24) is 14.7 Å². The Labute approximate surface area is 166 Å². The molecule has 0 saturated carbocycles. The van der Waals surface area contributed by atoms with Gasteiger partial charge in [-0.3, -0.25) is 9.63 Å². The number of piperidine rings is 1. The van der Waals surface area contributed by atoms with Crippen LogP contribution in [0.5, 0.6) is 5.75 Å². The number of benzene rings is 1. The number of methoxy groups -OCH3 is 1. The van der Waals surface area contributed by atoms with E-state index in [0.717, 1.165) is 39.0 Å². The van der Waals surface area contributed by atoms with Gasteiger partial charge in [0, 0.05) is 39.1 Å². The van der Waals surface area contributed by atoms with Gasteiger partial charge in [-0.15, -0.1) is 0 Å². The molecule has 0 bridgehead atoms. The van der Waals surface area contributed by atoms with Crippen molar-refractivity contribution >= 4 is 15.9 Å². The molecule has 2 aliphatic rings. The highest BCUT2D eigenvalue weighted by atomic mass is 32.2. The fraction of sp³-hybridized carbons (Fsp3) is 0.632. The van der Waals surface area contributed by atoms with Crippen molar-refractivity contribution in [2.45, 2.75) is 30.6 Å². The number of rotatable bonds is 8. The number of nitrogens with one attached hydrogen (secondary N) is 1. The van der Waals surface area contributed by atoms with Crippen LogP contribution in [0, 0.1) is 5.92 Å². The number of likely N-dealkylation sites (tertiary alicyclic amines) is 1. The maximum Gasteiger partial charge on any atom is 0.240 e. The van der Waals surface area contributed by atoms with E-state index in [4.69, 9.17) is 9.57 Å². The monoisotopic (exact) mass is 411 g/mol. The lowest BCUT2D eigenvalue weighted by Crippen LogP contribution is -2.44. The summed E-state index contributed by atoms with van der Waals surface area (Å²) in [6.45, 7) is 3.88. The number of sulfonamides is 1. The van der Waals surface area contributed by atoms with Crippen molar-refractivity contribution in [3.63, 3.8) is 0 Å². The second-order valence-electron chi connectivity index (χ2n) is 7.24. The topological polar surface area (TPSA) is 88.2 Å². The standard InChI is InChI=1S/C19H29N3O5S/c1-26-17-5-7-18(8-6-17)28(24,25)20-14-16-4-2-10-21(15-16)19(23)9-12-22-11-3-13-27-22/h5-8,16,20H,2-4,9-15H2,1H3. The third-order valence-electron chi connectivity index (χ3n) is 5.20. The third-order valence-corrected chi connectivity index (χ3v) is 6.64. The summed E-state index contributed by atoms with van der Waals surface area (Å²) in [7, 11) is -2.04. The van der Waals surface area contributed by atoms with Gasteiger partial charge in [0.15, 0.2) is 0 Å². The number of carbonyl (C=O) groups excluding carboxylic acids is 1. The molecule has 156 valence electrons. The van der Waals surface area contributed by atoms with E-state index in [2.05, 4.69) is 4.72 Å². The first-order valence-corrected chi connectivity index (χ1v) is 11.3. The molecule has 1 aromatic carbocycles. The van der Waals surface area contributed by atoms with Crippen LogP contribution in [0.4, 0.5) is 0 Å². The van der Waals surface area contributed by atoms with Gasteiger partial charge in [0.1, 0.15) is 5.75 Å². The molecule has 0 aromatic heterocycles. The number of hydrogen-bond acceptors (Lipinski definition) is 6. The number of nitrogens with zero attached hydrogens (tertiary/aromatic N) is 2. The number of amides is 1. The lowest BCUT2D eigenvalue weighted by molar-refractivity contribution is -0.140. The van der Waals surface area contributed by atoms with Crippen molar-refractivity contribution < 1.29 is 22.8 Å². The highest BCUT2D eigenvalue weighted by molar-refractivity contribution is 7.89. The summed E-state index contributed by atoms with van der Waals surface area (Å²) >= 11 is 0. The van der Waals surface area contributed by atoms with E-state index >= 15 is 0 Å². The quantitative estimate of drug-likeness (QED) is 0.693. The first-order chi connectivity index (χ1) is 13.5. The molecule has 0 aliphatic carbocycles. The van der Waals surface area contributed by atoms with Gasteiger partial charge in [-0.2, -0.15) is 5.06 Å². The molecule has 1 unspecified atom stereocenters. The highest BCUT2D eigenvalue weighted by Crippen LogP contribution is 2.19. The molecule has 9 heteroatoms. The van der Waals surface area contributed by atoms with E-state index in [0.29, 0.717) is 31.8 Å². The Kier molecular flexibility index (Phi) is 7.28. The van der Waals surface area contributed by atoms with Crippen molar-refractivity contribution in [2.75, 3.05) is 46.4 Å². The second-order valence-corrected chi connectivity index (χ2v) is 9.01. The molecule has 2 aliphatic heterocycles. The average Bonchev–Trinajstić information content (AvgIpc) is 3.24. The Morgan fingerprint density at radius 2 is 2.04 bits per heavy atom. The van der Waals surface area contributed by atoms with Gasteiger partial charge in [0.2, 0.25) is 15.9 Å². The van der Waals surface area contributed by atoms with Crippen LogP contribution in [0.2, 0.25) is 0 Å². The zero-order chi connectivity index (χ0) is 20.0. The molecule has 1 N–H and O–H groups in total. The first kappa shape index (κ1) is 21.0. The smallest absolute Gasteiger partial charge is 0.240 e. The maximum atomic E-state index is 12.5. The lowest BCUT2D eigenvalue weighted by atomic mass is 9.98. The normalized spacial score (nSPS) is 21.0. The van der Waals surface area contributed by atoms with Gasteiger partial charge < -0.3 is 9.64 Å². The Hall–Kier alpha value is -1.68. The molecule has 8 nitrogen and oxygen atoms in total. The van der Waals surface area contributed by atoms with Crippen molar-refractivity contribution in [3.8, 4) is 5.75 Å². The van der Waals surface area contributed by atoms with Crippen LogP contribution in [0.25, 0.3) is 0 Å². The molecule has 3 rings (SSSR count). The number of ether oxygens (including phenoxy) is 1. The molecule has 28 heavy (non-hydrogen) atoms. The Bertz CT molecular complexity index is 747. The predicted octanol–water partition coefficient (Wildman–Crippen LogP) is 1.24. The van der Waals surface area contributed by atoms with Crippen molar-refractivity contribution in [1.29, 1.82) is 0 Å². The van der Waals surface area contributed by atoms with E-state index in [1.165, 1.54) is 19.2 Å². The second kappa shape index (κ2) is 9.69. The zero-order valence-electron chi connectivity index (χ0n) is 16.3. The van der Waals surface area contributed by atoms with E-state index in [-0.39, 0.29) is 16.7 Å². The van der Waals surface area contributed by atoms with Gasteiger partial charge in [-0.25, -0.2) is 13.1 Å². The molecule has 2 heterocycles. The van der Waals surface area contributed by atoms with Gasteiger partial charge >= 0.3 is 0 Å². The molecule has 1 aromatic rings. The molecule has 1 amide bonds. The zero-order valence-corrected chi connectivity index (χ0v) is 17.1. The van der Waals surface area contributed by atoms with Crippen LogP contribution in [-0.4, -0.2) is 70.7 Å².